The van der Waals surface area contributed by atoms with Crippen molar-refractivity contribution in [3.05, 3.63) is 72.6 Å². The van der Waals surface area contributed by atoms with Crippen LogP contribution in [0, 0.1) is 0 Å². The minimum absolute atomic E-state index is 0.118. The summed E-state index contributed by atoms with van der Waals surface area (Å²) in [5.41, 5.74) is 5.05. The number of methoxy groups -OCH3 is 1. The molecular weight excluding hydrogens is 330 g/mol. The molecule has 0 aliphatic rings. The van der Waals surface area contributed by atoms with Gasteiger partial charge in [-0.15, -0.1) is 0 Å². The van der Waals surface area contributed by atoms with E-state index >= 15 is 0 Å². The van der Waals surface area contributed by atoms with Gasteiger partial charge in [0.05, 0.1) is 31.8 Å². The van der Waals surface area contributed by atoms with Crippen molar-refractivity contribution in [2.24, 2.45) is 5.10 Å². The van der Waals surface area contributed by atoms with Gasteiger partial charge in [-0.3, -0.25) is 4.79 Å². The molecular formula is C19H19N5O2. The molecule has 7 heteroatoms. The fraction of sp³-hybridized carbons (Fsp3) is 0.105. The highest BCUT2D eigenvalue weighted by Gasteiger charge is 2.01. The summed E-state index contributed by atoms with van der Waals surface area (Å²) in [6, 6.07) is 17.1. The molecule has 0 fully saturated rings. The number of rotatable bonds is 7. The summed E-state index contributed by atoms with van der Waals surface area (Å²) in [5, 5.41) is 11.2. The number of ether oxygens (including phenoxy) is 1. The van der Waals surface area contributed by atoms with Crippen molar-refractivity contribution >= 4 is 17.8 Å². The first-order valence-electron chi connectivity index (χ1n) is 8.04. The van der Waals surface area contributed by atoms with E-state index in [0.717, 1.165) is 22.7 Å². The van der Waals surface area contributed by atoms with Crippen LogP contribution in [0.3, 0.4) is 0 Å². The molecule has 0 atom stereocenters. The highest BCUT2D eigenvalue weighted by atomic mass is 16.5. The average Bonchev–Trinajstić information content (AvgIpc) is 3.16. The van der Waals surface area contributed by atoms with Crippen LogP contribution in [0.5, 0.6) is 5.75 Å². The lowest BCUT2D eigenvalue weighted by Crippen LogP contribution is -2.25. The van der Waals surface area contributed by atoms with Gasteiger partial charge in [0.25, 0.3) is 5.91 Å². The molecule has 1 heterocycles. The molecule has 2 aromatic carbocycles. The second-order valence-corrected chi connectivity index (χ2v) is 5.43. The number of nitrogens with zero attached hydrogens (tertiary/aromatic N) is 3. The fourth-order valence-electron chi connectivity index (χ4n) is 2.23. The first-order chi connectivity index (χ1) is 12.7. The van der Waals surface area contributed by atoms with E-state index in [0.29, 0.717) is 0 Å². The van der Waals surface area contributed by atoms with Gasteiger partial charge in [-0.2, -0.15) is 10.2 Å². The molecule has 0 unspecified atom stereocenters. The lowest BCUT2D eigenvalue weighted by atomic mass is 10.3. The molecule has 0 aliphatic carbocycles. The Balaban J connectivity index is 1.47. The molecule has 3 rings (SSSR count). The van der Waals surface area contributed by atoms with Crippen molar-refractivity contribution in [3.63, 3.8) is 0 Å². The van der Waals surface area contributed by atoms with Gasteiger partial charge in [-0.05, 0) is 36.4 Å². The molecule has 1 aromatic heterocycles. The maximum absolute atomic E-state index is 11.8. The van der Waals surface area contributed by atoms with Crippen molar-refractivity contribution in [3.8, 4) is 11.4 Å². The van der Waals surface area contributed by atoms with Gasteiger partial charge in [0.1, 0.15) is 5.75 Å². The third-order valence-electron chi connectivity index (χ3n) is 3.57. The SMILES string of the molecule is COc1ccc(NCC(=O)N/N=C\c2cnn(-c3ccccc3)c2)cc1. The van der Waals surface area contributed by atoms with Gasteiger partial charge in [0, 0.05) is 17.4 Å². The average molecular weight is 349 g/mol. The van der Waals surface area contributed by atoms with Gasteiger partial charge in [0.2, 0.25) is 0 Å². The molecule has 0 saturated heterocycles. The number of amides is 1. The van der Waals surface area contributed by atoms with Gasteiger partial charge in [-0.25, -0.2) is 10.1 Å². The first-order valence-corrected chi connectivity index (χ1v) is 8.04. The summed E-state index contributed by atoms with van der Waals surface area (Å²) in [5.74, 6) is 0.521. The number of aromatic nitrogens is 2. The second-order valence-electron chi connectivity index (χ2n) is 5.43. The molecule has 2 N–H and O–H groups in total. The minimum Gasteiger partial charge on any atom is -0.497 e. The van der Waals surface area contributed by atoms with Crippen molar-refractivity contribution < 1.29 is 9.53 Å². The summed E-state index contributed by atoms with van der Waals surface area (Å²) in [6.45, 7) is 0.118. The van der Waals surface area contributed by atoms with E-state index in [2.05, 4.69) is 20.9 Å². The Morgan fingerprint density at radius 2 is 1.96 bits per heavy atom. The van der Waals surface area contributed by atoms with Crippen molar-refractivity contribution in [1.82, 2.24) is 15.2 Å². The predicted molar refractivity (Wildman–Crippen MR) is 101 cm³/mol. The van der Waals surface area contributed by atoms with Gasteiger partial charge < -0.3 is 10.1 Å². The Labute approximate surface area is 151 Å². The summed E-state index contributed by atoms with van der Waals surface area (Å²) in [7, 11) is 1.61. The Morgan fingerprint density at radius 3 is 2.69 bits per heavy atom. The molecule has 0 aliphatic heterocycles. The summed E-state index contributed by atoms with van der Waals surface area (Å²) < 4.78 is 6.83. The highest BCUT2D eigenvalue weighted by Crippen LogP contribution is 2.14. The van der Waals surface area contributed by atoms with Crippen molar-refractivity contribution in [2.45, 2.75) is 0 Å². The smallest absolute Gasteiger partial charge is 0.259 e. The number of carbonyl (C=O) groups is 1. The molecule has 0 radical (unpaired) electrons. The lowest BCUT2D eigenvalue weighted by molar-refractivity contribution is -0.119. The van der Waals surface area contributed by atoms with Gasteiger partial charge in [-0.1, -0.05) is 18.2 Å². The molecule has 7 nitrogen and oxygen atoms in total. The third-order valence-corrected chi connectivity index (χ3v) is 3.57. The van der Waals surface area contributed by atoms with Crippen LogP contribution in [0.2, 0.25) is 0 Å². The Bertz CT molecular complexity index is 872. The number of hydrogen-bond acceptors (Lipinski definition) is 5. The van der Waals surface area contributed by atoms with E-state index in [1.54, 1.807) is 24.2 Å². The molecule has 0 bridgehead atoms. The number of carbonyl (C=O) groups excluding carboxylic acids is 1. The standard InChI is InChI=1S/C19H19N5O2/c1-26-18-9-7-16(8-10-18)20-13-19(25)23-21-11-15-12-22-24(14-15)17-5-3-2-4-6-17/h2-12,14,20H,13H2,1H3,(H,23,25)/b21-11-. The quantitative estimate of drug-likeness (QED) is 0.507. The Morgan fingerprint density at radius 1 is 1.19 bits per heavy atom. The van der Waals surface area contributed by atoms with Gasteiger partial charge >= 0.3 is 0 Å². The van der Waals surface area contributed by atoms with E-state index < -0.39 is 0 Å². The van der Waals surface area contributed by atoms with Gasteiger partial charge in [0.15, 0.2) is 0 Å². The van der Waals surface area contributed by atoms with E-state index in [4.69, 9.17) is 4.74 Å². The molecule has 132 valence electrons. The second kappa shape index (κ2) is 8.48. The number of hydrogen-bond donors (Lipinski definition) is 2. The number of nitrogens with one attached hydrogen (secondary N) is 2. The maximum Gasteiger partial charge on any atom is 0.259 e. The Kier molecular flexibility index (Phi) is 5.61. The largest absolute Gasteiger partial charge is 0.497 e. The van der Waals surface area contributed by atoms with Crippen LogP contribution in [0.4, 0.5) is 5.69 Å². The van der Waals surface area contributed by atoms with E-state index in [-0.39, 0.29) is 12.5 Å². The molecule has 26 heavy (non-hydrogen) atoms. The van der Waals surface area contributed by atoms with E-state index in [9.17, 15) is 4.79 Å². The molecule has 0 spiro atoms. The van der Waals surface area contributed by atoms with Crippen LogP contribution in [0.1, 0.15) is 5.56 Å². The summed E-state index contributed by atoms with van der Waals surface area (Å²) in [6.07, 6.45) is 5.07. The Hall–Kier alpha value is -3.61. The first kappa shape index (κ1) is 17.2. The number of hydrazone groups is 1. The zero-order valence-corrected chi connectivity index (χ0v) is 14.3. The molecule has 3 aromatic rings. The summed E-state index contributed by atoms with van der Waals surface area (Å²) in [4.78, 5) is 11.8. The van der Waals surface area contributed by atoms with Crippen LogP contribution in [-0.2, 0) is 4.79 Å². The zero-order chi connectivity index (χ0) is 18.2. The van der Waals surface area contributed by atoms with Crippen molar-refractivity contribution in [2.75, 3.05) is 19.0 Å². The fourth-order valence-corrected chi connectivity index (χ4v) is 2.23. The van der Waals surface area contributed by atoms with Crippen LogP contribution >= 0.6 is 0 Å². The number of anilines is 1. The zero-order valence-electron chi connectivity index (χ0n) is 14.3. The number of para-hydroxylation sites is 1. The maximum atomic E-state index is 11.8. The van der Waals surface area contributed by atoms with Crippen LogP contribution in [0.15, 0.2) is 72.1 Å². The van der Waals surface area contributed by atoms with Crippen LogP contribution in [-0.4, -0.2) is 35.6 Å². The molecule has 1 amide bonds. The van der Waals surface area contributed by atoms with E-state index in [1.165, 1.54) is 0 Å². The van der Waals surface area contributed by atoms with E-state index in [1.807, 2.05) is 60.8 Å². The predicted octanol–water partition coefficient (Wildman–Crippen LogP) is 2.44. The van der Waals surface area contributed by atoms with Crippen molar-refractivity contribution in [1.29, 1.82) is 0 Å². The third kappa shape index (κ3) is 4.70. The molecule has 0 saturated carbocycles. The monoisotopic (exact) mass is 349 g/mol. The summed E-state index contributed by atoms with van der Waals surface area (Å²) >= 11 is 0. The van der Waals surface area contributed by atoms with Crippen LogP contribution < -0.4 is 15.5 Å². The minimum atomic E-state index is -0.243. The van der Waals surface area contributed by atoms with Crippen LogP contribution in [0.25, 0.3) is 5.69 Å². The lowest BCUT2D eigenvalue weighted by Gasteiger charge is -2.06. The number of benzene rings is 2. The normalized spacial score (nSPS) is 10.7. The highest BCUT2D eigenvalue weighted by molar-refractivity contribution is 5.84. The topological polar surface area (TPSA) is 80.5 Å².